The van der Waals surface area contributed by atoms with Gasteiger partial charge in [-0.1, -0.05) is 0 Å². The van der Waals surface area contributed by atoms with Crippen LogP contribution in [-0.4, -0.2) is 74.8 Å². The molecule has 2 amide bonds. The molecule has 2 N–H and O–H groups in total. The highest BCUT2D eigenvalue weighted by Gasteiger charge is 2.44. The van der Waals surface area contributed by atoms with Crippen molar-refractivity contribution in [1.82, 2.24) is 10.2 Å². The van der Waals surface area contributed by atoms with Gasteiger partial charge in [-0.25, -0.2) is 18.0 Å². The Balaban J connectivity index is 2.60. The molecule has 0 radical (unpaired) electrons. The SMILES string of the molecule is CN(CCS(C)(=O)=O)C(=O)NC1(C(=O)O)CCOC1. The highest BCUT2D eigenvalue weighted by molar-refractivity contribution is 7.90. The molecule has 1 heterocycles. The number of carboxylic acid groups (broad SMARTS) is 1. The molecule has 0 aromatic heterocycles. The molecule has 1 rings (SSSR count). The zero-order chi connectivity index (χ0) is 14.7. The lowest BCUT2D eigenvalue weighted by Crippen LogP contribution is -2.58. The smallest absolute Gasteiger partial charge is 0.332 e. The number of hydrogen-bond acceptors (Lipinski definition) is 5. The van der Waals surface area contributed by atoms with Crippen molar-refractivity contribution < 1.29 is 27.9 Å². The number of urea groups is 1. The minimum absolute atomic E-state index is 0.00121. The third-order valence-corrected chi connectivity index (χ3v) is 3.85. The summed E-state index contributed by atoms with van der Waals surface area (Å²) in [4.78, 5) is 24.2. The molecule has 19 heavy (non-hydrogen) atoms. The number of nitrogens with zero attached hydrogens (tertiary/aromatic N) is 1. The Labute approximate surface area is 111 Å². The molecule has 0 aromatic carbocycles. The van der Waals surface area contributed by atoms with Crippen molar-refractivity contribution in [3.63, 3.8) is 0 Å². The number of carbonyl (C=O) groups excluding carboxylic acids is 1. The Bertz CT molecular complexity index is 455. The Morgan fingerprint density at radius 1 is 1.47 bits per heavy atom. The van der Waals surface area contributed by atoms with E-state index in [9.17, 15) is 18.0 Å². The van der Waals surface area contributed by atoms with Crippen LogP contribution in [0.1, 0.15) is 6.42 Å². The van der Waals surface area contributed by atoms with Crippen molar-refractivity contribution in [1.29, 1.82) is 0 Å². The van der Waals surface area contributed by atoms with Gasteiger partial charge in [0.1, 0.15) is 9.84 Å². The maximum Gasteiger partial charge on any atom is 0.332 e. The molecule has 0 aromatic rings. The largest absolute Gasteiger partial charge is 0.479 e. The third kappa shape index (κ3) is 4.35. The molecule has 1 atom stereocenters. The number of sulfone groups is 1. The quantitative estimate of drug-likeness (QED) is 0.666. The Morgan fingerprint density at radius 3 is 2.53 bits per heavy atom. The lowest BCUT2D eigenvalue weighted by atomic mass is 9.99. The van der Waals surface area contributed by atoms with Gasteiger partial charge in [0.25, 0.3) is 0 Å². The average molecular weight is 294 g/mol. The van der Waals surface area contributed by atoms with Crippen LogP contribution in [0.25, 0.3) is 0 Å². The molecular weight excluding hydrogens is 276 g/mol. The fourth-order valence-corrected chi connectivity index (χ4v) is 2.20. The van der Waals surface area contributed by atoms with E-state index in [0.29, 0.717) is 0 Å². The number of nitrogens with one attached hydrogen (secondary N) is 1. The Morgan fingerprint density at radius 2 is 2.11 bits per heavy atom. The Kier molecular flexibility index (Phi) is 4.75. The molecule has 0 bridgehead atoms. The summed E-state index contributed by atoms with van der Waals surface area (Å²) in [5.41, 5.74) is -1.42. The molecule has 8 nitrogen and oxygen atoms in total. The molecule has 1 aliphatic rings. The molecule has 0 saturated carbocycles. The van der Waals surface area contributed by atoms with Gasteiger partial charge in [-0.05, 0) is 0 Å². The number of ether oxygens (including phenoxy) is 1. The number of rotatable bonds is 5. The van der Waals surface area contributed by atoms with Crippen molar-refractivity contribution in [2.24, 2.45) is 0 Å². The molecule has 1 unspecified atom stereocenters. The standard InChI is InChI=1S/C10H18N2O6S/c1-12(4-6-19(2,16)17)9(15)11-10(8(13)14)3-5-18-7-10/h3-7H2,1-2H3,(H,11,15)(H,13,14). The van der Waals surface area contributed by atoms with Crippen LogP contribution in [-0.2, 0) is 19.4 Å². The van der Waals surface area contributed by atoms with Gasteiger partial charge in [0.15, 0.2) is 5.54 Å². The van der Waals surface area contributed by atoms with Crippen LogP contribution in [0.4, 0.5) is 4.79 Å². The van der Waals surface area contributed by atoms with Crippen LogP contribution in [0.3, 0.4) is 0 Å². The second kappa shape index (κ2) is 5.74. The molecule has 1 saturated heterocycles. The molecular formula is C10H18N2O6S. The highest BCUT2D eigenvalue weighted by atomic mass is 32.2. The first-order valence-corrected chi connectivity index (χ1v) is 7.74. The van der Waals surface area contributed by atoms with E-state index in [-0.39, 0.29) is 31.9 Å². The second-order valence-corrected chi connectivity index (χ2v) is 6.93. The van der Waals surface area contributed by atoms with Gasteiger partial charge in [0.05, 0.1) is 12.4 Å². The van der Waals surface area contributed by atoms with Gasteiger partial charge in [-0.15, -0.1) is 0 Å². The third-order valence-electron chi connectivity index (χ3n) is 2.92. The van der Waals surface area contributed by atoms with Crippen molar-refractivity contribution in [2.75, 3.05) is 38.8 Å². The second-order valence-electron chi connectivity index (χ2n) is 4.67. The van der Waals surface area contributed by atoms with Crippen molar-refractivity contribution in [3.8, 4) is 0 Å². The topological polar surface area (TPSA) is 113 Å². The molecule has 1 fully saturated rings. The van der Waals surface area contributed by atoms with Gasteiger partial charge >= 0.3 is 12.0 Å². The van der Waals surface area contributed by atoms with Crippen LogP contribution in [0.2, 0.25) is 0 Å². The first-order chi connectivity index (χ1) is 8.66. The predicted molar refractivity (Wildman–Crippen MR) is 66.7 cm³/mol. The predicted octanol–water partition coefficient (Wildman–Crippen LogP) is -1.08. The minimum atomic E-state index is -3.17. The lowest BCUT2D eigenvalue weighted by Gasteiger charge is -2.27. The summed E-state index contributed by atoms with van der Waals surface area (Å²) in [6.07, 6.45) is 1.26. The number of carbonyl (C=O) groups is 2. The first kappa shape index (κ1) is 15.7. The lowest BCUT2D eigenvalue weighted by molar-refractivity contribution is -0.144. The van der Waals surface area contributed by atoms with Crippen LogP contribution in [0.5, 0.6) is 0 Å². The zero-order valence-corrected chi connectivity index (χ0v) is 11.7. The summed E-state index contributed by atoms with van der Waals surface area (Å²) in [6.45, 7) is 0.175. The number of hydrogen-bond donors (Lipinski definition) is 2. The first-order valence-electron chi connectivity index (χ1n) is 5.68. The molecule has 0 spiro atoms. The minimum Gasteiger partial charge on any atom is -0.479 e. The van der Waals surface area contributed by atoms with Gasteiger partial charge in [-0.2, -0.15) is 0 Å². The van der Waals surface area contributed by atoms with E-state index in [1.54, 1.807) is 0 Å². The van der Waals surface area contributed by atoms with E-state index >= 15 is 0 Å². The molecule has 0 aliphatic carbocycles. The molecule has 110 valence electrons. The Hall–Kier alpha value is -1.35. The van der Waals surface area contributed by atoms with E-state index in [2.05, 4.69) is 5.32 Å². The van der Waals surface area contributed by atoms with Crippen LogP contribution < -0.4 is 5.32 Å². The summed E-state index contributed by atoms with van der Waals surface area (Å²) >= 11 is 0. The van der Waals surface area contributed by atoms with Crippen LogP contribution >= 0.6 is 0 Å². The van der Waals surface area contributed by atoms with Gasteiger partial charge in [0, 0.05) is 32.9 Å². The van der Waals surface area contributed by atoms with Crippen molar-refractivity contribution >= 4 is 21.8 Å². The number of carboxylic acids is 1. The highest BCUT2D eigenvalue weighted by Crippen LogP contribution is 2.19. The van der Waals surface area contributed by atoms with Gasteiger partial charge < -0.3 is 20.1 Å². The van der Waals surface area contributed by atoms with Crippen LogP contribution in [0, 0.1) is 0 Å². The fraction of sp³-hybridized carbons (Fsp3) is 0.800. The summed E-state index contributed by atoms with van der Waals surface area (Å²) in [5.74, 6) is -1.33. The van der Waals surface area contributed by atoms with Crippen molar-refractivity contribution in [3.05, 3.63) is 0 Å². The van der Waals surface area contributed by atoms with Crippen molar-refractivity contribution in [2.45, 2.75) is 12.0 Å². The number of amides is 2. The fourth-order valence-electron chi connectivity index (χ4n) is 1.59. The van der Waals surface area contributed by atoms with E-state index in [0.717, 1.165) is 11.2 Å². The van der Waals surface area contributed by atoms with E-state index in [1.165, 1.54) is 7.05 Å². The maximum atomic E-state index is 11.8. The van der Waals surface area contributed by atoms with Gasteiger partial charge in [0.2, 0.25) is 0 Å². The summed E-state index contributed by atoms with van der Waals surface area (Å²) < 4.78 is 27.0. The average Bonchev–Trinajstić information content (AvgIpc) is 2.74. The monoisotopic (exact) mass is 294 g/mol. The maximum absolute atomic E-state index is 11.8. The van der Waals surface area contributed by atoms with Crippen LogP contribution in [0.15, 0.2) is 0 Å². The number of aliphatic carboxylic acids is 1. The normalized spacial score (nSPS) is 23.1. The van der Waals surface area contributed by atoms with E-state index in [1.807, 2.05) is 0 Å². The van der Waals surface area contributed by atoms with E-state index < -0.39 is 27.4 Å². The summed E-state index contributed by atoms with van der Waals surface area (Å²) in [7, 11) is -1.77. The van der Waals surface area contributed by atoms with E-state index in [4.69, 9.17) is 9.84 Å². The zero-order valence-electron chi connectivity index (χ0n) is 10.9. The molecule has 9 heteroatoms. The summed E-state index contributed by atoms with van der Waals surface area (Å²) in [6, 6.07) is -0.628. The van der Waals surface area contributed by atoms with Gasteiger partial charge in [-0.3, -0.25) is 0 Å². The molecule has 1 aliphatic heterocycles. The summed E-state index contributed by atoms with van der Waals surface area (Å²) in [5, 5.41) is 11.5.